The van der Waals surface area contributed by atoms with Gasteiger partial charge in [0.15, 0.2) is 5.78 Å². The minimum Gasteiger partial charge on any atom is -0.465 e. The van der Waals surface area contributed by atoms with Crippen molar-refractivity contribution in [2.75, 3.05) is 27.2 Å². The van der Waals surface area contributed by atoms with E-state index in [0.717, 1.165) is 5.56 Å². The highest BCUT2D eigenvalue weighted by Gasteiger charge is 2.37. The molecule has 5 nitrogen and oxygen atoms in total. The number of furan rings is 1. The van der Waals surface area contributed by atoms with E-state index in [9.17, 15) is 14.0 Å². The number of carbonyl (C=O) groups excluding carboxylic acids is 2. The number of aryl methyl sites for hydroxylation is 1. The molecule has 1 aromatic carbocycles. The maximum absolute atomic E-state index is 13.3. The van der Waals surface area contributed by atoms with Crippen molar-refractivity contribution < 1.29 is 18.4 Å². The summed E-state index contributed by atoms with van der Waals surface area (Å²) in [6.07, 6.45) is 1.29. The first kappa shape index (κ1) is 22.2. The van der Waals surface area contributed by atoms with Crippen molar-refractivity contribution in [3.63, 3.8) is 0 Å². The standard InChI is InChI=1S/C24H31FN2O3/c1-16-19(23-20(28)13-24(2,3)14-21(23)30-16)12-22(29)27(11-10-26(4)5)15-17-6-8-18(25)9-7-17/h6-9H,10-15H2,1-5H3. The second kappa shape index (κ2) is 8.72. The summed E-state index contributed by atoms with van der Waals surface area (Å²) in [6.45, 7) is 7.59. The SMILES string of the molecule is Cc1oc2c(c1CC(=O)N(CCN(C)C)Cc1ccc(F)cc1)C(=O)CC(C)(C)C2. The lowest BCUT2D eigenvalue weighted by Crippen LogP contribution is -2.37. The van der Waals surface area contributed by atoms with Gasteiger partial charge in [-0.3, -0.25) is 9.59 Å². The largest absolute Gasteiger partial charge is 0.465 e. The van der Waals surface area contributed by atoms with Gasteiger partial charge in [0.05, 0.1) is 12.0 Å². The number of halogens is 1. The average Bonchev–Trinajstić information content (AvgIpc) is 2.93. The molecule has 0 aliphatic heterocycles. The van der Waals surface area contributed by atoms with Gasteiger partial charge in [-0.25, -0.2) is 4.39 Å². The lowest BCUT2D eigenvalue weighted by Gasteiger charge is -2.28. The maximum atomic E-state index is 13.3. The molecule has 0 bridgehead atoms. The van der Waals surface area contributed by atoms with E-state index in [4.69, 9.17) is 4.42 Å². The second-order valence-electron chi connectivity index (χ2n) is 9.30. The molecule has 1 aliphatic carbocycles. The number of Topliss-reactive ketones (excluding diaryl/α,β-unsaturated/α-hetero) is 1. The molecular weight excluding hydrogens is 383 g/mol. The minimum absolute atomic E-state index is 0.0549. The van der Waals surface area contributed by atoms with Gasteiger partial charge in [0.1, 0.15) is 17.3 Å². The van der Waals surface area contributed by atoms with Crippen LogP contribution in [0.25, 0.3) is 0 Å². The first-order chi connectivity index (χ1) is 14.1. The van der Waals surface area contributed by atoms with E-state index in [1.165, 1.54) is 12.1 Å². The molecule has 0 saturated heterocycles. The monoisotopic (exact) mass is 414 g/mol. The Hall–Kier alpha value is -2.47. The van der Waals surface area contributed by atoms with Gasteiger partial charge < -0.3 is 14.2 Å². The number of ketones is 1. The summed E-state index contributed by atoms with van der Waals surface area (Å²) in [5, 5.41) is 0. The molecule has 30 heavy (non-hydrogen) atoms. The molecule has 0 unspecified atom stereocenters. The van der Waals surface area contributed by atoms with Crippen molar-refractivity contribution in [2.24, 2.45) is 5.41 Å². The van der Waals surface area contributed by atoms with E-state index in [1.54, 1.807) is 17.0 Å². The van der Waals surface area contributed by atoms with E-state index in [-0.39, 0.29) is 29.3 Å². The van der Waals surface area contributed by atoms with Crippen LogP contribution in [0.4, 0.5) is 4.39 Å². The number of likely N-dealkylation sites (N-methyl/N-ethyl adjacent to an activating group) is 1. The Morgan fingerprint density at radius 1 is 1.13 bits per heavy atom. The summed E-state index contributed by atoms with van der Waals surface area (Å²) in [7, 11) is 3.91. The summed E-state index contributed by atoms with van der Waals surface area (Å²) in [5.74, 6) is 1.04. The topological polar surface area (TPSA) is 53.8 Å². The van der Waals surface area contributed by atoms with Gasteiger partial charge in [0.25, 0.3) is 0 Å². The van der Waals surface area contributed by atoms with E-state index in [0.29, 0.717) is 55.1 Å². The molecule has 0 radical (unpaired) electrons. The molecule has 0 fully saturated rings. The first-order valence-electron chi connectivity index (χ1n) is 10.4. The Morgan fingerprint density at radius 2 is 1.80 bits per heavy atom. The Labute approximate surface area is 177 Å². The minimum atomic E-state index is -0.299. The Kier molecular flexibility index (Phi) is 6.46. The van der Waals surface area contributed by atoms with Crippen molar-refractivity contribution in [1.29, 1.82) is 0 Å². The van der Waals surface area contributed by atoms with Crippen LogP contribution in [0.5, 0.6) is 0 Å². The molecule has 6 heteroatoms. The molecule has 0 saturated carbocycles. The van der Waals surface area contributed by atoms with Gasteiger partial charge in [0, 0.05) is 38.0 Å². The number of hydrogen-bond donors (Lipinski definition) is 0. The van der Waals surface area contributed by atoms with Gasteiger partial charge in [-0.15, -0.1) is 0 Å². The molecule has 1 heterocycles. The number of fused-ring (bicyclic) bond motifs is 1. The van der Waals surface area contributed by atoms with Crippen LogP contribution in [-0.4, -0.2) is 48.7 Å². The van der Waals surface area contributed by atoms with Crippen LogP contribution in [0.15, 0.2) is 28.7 Å². The number of nitrogens with zero attached hydrogens (tertiary/aromatic N) is 2. The summed E-state index contributed by atoms with van der Waals surface area (Å²) >= 11 is 0. The van der Waals surface area contributed by atoms with Crippen molar-refractivity contribution >= 4 is 11.7 Å². The maximum Gasteiger partial charge on any atom is 0.227 e. The summed E-state index contributed by atoms with van der Waals surface area (Å²) < 4.78 is 19.2. The zero-order chi connectivity index (χ0) is 22.1. The van der Waals surface area contributed by atoms with Crippen LogP contribution in [0, 0.1) is 18.2 Å². The molecule has 1 aromatic heterocycles. The van der Waals surface area contributed by atoms with Crippen molar-refractivity contribution in [3.05, 3.63) is 58.3 Å². The predicted octanol–water partition coefficient (Wildman–Crippen LogP) is 4.02. The third-order valence-electron chi connectivity index (χ3n) is 5.62. The lowest BCUT2D eigenvalue weighted by molar-refractivity contribution is -0.131. The number of hydrogen-bond acceptors (Lipinski definition) is 4. The highest BCUT2D eigenvalue weighted by atomic mass is 19.1. The molecule has 162 valence electrons. The zero-order valence-corrected chi connectivity index (χ0v) is 18.5. The van der Waals surface area contributed by atoms with E-state index >= 15 is 0 Å². The molecule has 0 N–H and O–H groups in total. The molecule has 3 rings (SSSR count). The van der Waals surface area contributed by atoms with Gasteiger partial charge in [-0.1, -0.05) is 26.0 Å². The number of benzene rings is 1. The lowest BCUT2D eigenvalue weighted by atomic mass is 9.75. The Bertz CT molecular complexity index is 929. The van der Waals surface area contributed by atoms with Crippen molar-refractivity contribution in [1.82, 2.24) is 9.80 Å². The highest BCUT2D eigenvalue weighted by molar-refractivity contribution is 6.01. The van der Waals surface area contributed by atoms with Crippen molar-refractivity contribution in [2.45, 2.75) is 46.6 Å². The van der Waals surface area contributed by atoms with Gasteiger partial charge in [-0.05, 0) is 44.1 Å². The molecule has 1 aliphatic rings. The van der Waals surface area contributed by atoms with Crippen LogP contribution in [0.1, 0.15) is 53.3 Å². The predicted molar refractivity (Wildman–Crippen MR) is 114 cm³/mol. The summed E-state index contributed by atoms with van der Waals surface area (Å²) in [5.41, 5.74) is 2.06. The van der Waals surface area contributed by atoms with Crippen LogP contribution in [0.2, 0.25) is 0 Å². The Balaban J connectivity index is 1.83. The smallest absolute Gasteiger partial charge is 0.227 e. The van der Waals surface area contributed by atoms with Crippen LogP contribution in [-0.2, 0) is 24.2 Å². The molecule has 0 spiro atoms. The summed E-state index contributed by atoms with van der Waals surface area (Å²) in [4.78, 5) is 29.8. The molecule has 2 aromatic rings. The van der Waals surface area contributed by atoms with Gasteiger partial charge >= 0.3 is 0 Å². The quantitative estimate of drug-likeness (QED) is 0.687. The van der Waals surface area contributed by atoms with E-state index in [1.807, 2.05) is 25.9 Å². The number of rotatable bonds is 7. The zero-order valence-electron chi connectivity index (χ0n) is 18.5. The van der Waals surface area contributed by atoms with Crippen LogP contribution < -0.4 is 0 Å². The number of amides is 1. The fourth-order valence-corrected chi connectivity index (χ4v) is 4.01. The third-order valence-corrected chi connectivity index (χ3v) is 5.62. The van der Waals surface area contributed by atoms with Crippen molar-refractivity contribution in [3.8, 4) is 0 Å². The fourth-order valence-electron chi connectivity index (χ4n) is 4.01. The number of carbonyl (C=O) groups is 2. The first-order valence-corrected chi connectivity index (χ1v) is 10.4. The van der Waals surface area contributed by atoms with Crippen LogP contribution >= 0.6 is 0 Å². The molecular formula is C24H31FN2O3. The highest BCUT2D eigenvalue weighted by Crippen LogP contribution is 2.38. The van der Waals surface area contributed by atoms with Gasteiger partial charge in [-0.2, -0.15) is 0 Å². The second-order valence-corrected chi connectivity index (χ2v) is 9.30. The molecule has 0 atom stereocenters. The molecule has 1 amide bonds. The van der Waals surface area contributed by atoms with Crippen LogP contribution in [0.3, 0.4) is 0 Å². The van der Waals surface area contributed by atoms with E-state index in [2.05, 4.69) is 13.8 Å². The normalized spacial score (nSPS) is 15.4. The fraction of sp³-hybridized carbons (Fsp3) is 0.500. The summed E-state index contributed by atoms with van der Waals surface area (Å²) in [6, 6.07) is 6.20. The third kappa shape index (κ3) is 5.17. The Morgan fingerprint density at radius 3 is 2.43 bits per heavy atom. The average molecular weight is 415 g/mol. The van der Waals surface area contributed by atoms with Gasteiger partial charge in [0.2, 0.25) is 5.91 Å². The van der Waals surface area contributed by atoms with E-state index < -0.39 is 0 Å².